The van der Waals surface area contributed by atoms with E-state index in [2.05, 4.69) is 5.32 Å². The van der Waals surface area contributed by atoms with E-state index in [1.54, 1.807) is 26.2 Å². The number of rotatable bonds is 8. The van der Waals surface area contributed by atoms with Gasteiger partial charge in [-0.3, -0.25) is 9.59 Å². The van der Waals surface area contributed by atoms with Gasteiger partial charge >= 0.3 is 5.97 Å². The third-order valence-electron chi connectivity index (χ3n) is 5.22. The Morgan fingerprint density at radius 2 is 2.04 bits per heavy atom. The van der Waals surface area contributed by atoms with E-state index in [1.807, 2.05) is 19.1 Å². The Morgan fingerprint density at radius 1 is 1.36 bits per heavy atom. The van der Waals surface area contributed by atoms with Gasteiger partial charge in [-0.2, -0.15) is 0 Å². The highest BCUT2D eigenvalue weighted by Crippen LogP contribution is 2.32. The zero-order chi connectivity index (χ0) is 18.4. The van der Waals surface area contributed by atoms with E-state index in [-0.39, 0.29) is 18.2 Å². The zero-order valence-corrected chi connectivity index (χ0v) is 15.4. The van der Waals surface area contributed by atoms with Crippen LogP contribution in [0.1, 0.15) is 57.9 Å². The second-order valence-electron chi connectivity index (χ2n) is 7.41. The molecule has 0 aliphatic heterocycles. The summed E-state index contributed by atoms with van der Waals surface area (Å²) >= 11 is 0. The summed E-state index contributed by atoms with van der Waals surface area (Å²) < 4.78 is 5.24. The first-order valence-electron chi connectivity index (χ1n) is 9.02. The second-order valence-corrected chi connectivity index (χ2v) is 7.41. The molecule has 2 atom stereocenters. The van der Waals surface area contributed by atoms with E-state index < -0.39 is 11.5 Å². The molecule has 0 aromatic heterocycles. The summed E-state index contributed by atoms with van der Waals surface area (Å²) in [6.07, 6.45) is 5.58. The molecular weight excluding hydrogens is 318 g/mol. The third kappa shape index (κ3) is 5.21. The molecule has 1 aromatic carbocycles. The maximum atomic E-state index is 12.7. The average Bonchev–Trinajstić information content (AvgIpc) is 3.07. The van der Waals surface area contributed by atoms with Crippen LogP contribution >= 0.6 is 0 Å². The topological polar surface area (TPSA) is 75.6 Å². The van der Waals surface area contributed by atoms with Crippen molar-refractivity contribution >= 4 is 11.9 Å². The lowest BCUT2D eigenvalue weighted by atomic mass is 9.86. The fourth-order valence-corrected chi connectivity index (χ4v) is 3.74. The number of aliphatic carboxylic acids is 1. The molecule has 25 heavy (non-hydrogen) atoms. The number of hydrogen-bond donors (Lipinski definition) is 2. The summed E-state index contributed by atoms with van der Waals surface area (Å²) in [7, 11) is 1.57. The molecule has 1 saturated carbocycles. The monoisotopic (exact) mass is 347 g/mol. The van der Waals surface area contributed by atoms with Gasteiger partial charge in [0.15, 0.2) is 0 Å². The first-order valence-corrected chi connectivity index (χ1v) is 9.02. The van der Waals surface area contributed by atoms with Crippen molar-refractivity contribution in [2.24, 2.45) is 11.8 Å². The van der Waals surface area contributed by atoms with E-state index in [1.165, 1.54) is 25.7 Å². The van der Waals surface area contributed by atoms with E-state index in [0.717, 1.165) is 12.0 Å². The fraction of sp³-hybridized carbons (Fsp3) is 0.600. The number of ether oxygens (including phenoxy) is 1. The van der Waals surface area contributed by atoms with Gasteiger partial charge in [0.2, 0.25) is 5.91 Å². The van der Waals surface area contributed by atoms with Crippen molar-refractivity contribution in [3.63, 3.8) is 0 Å². The summed E-state index contributed by atoms with van der Waals surface area (Å²) in [5.41, 5.74) is -0.239. The van der Waals surface area contributed by atoms with Gasteiger partial charge in [0.25, 0.3) is 0 Å². The van der Waals surface area contributed by atoms with Crippen LogP contribution in [-0.4, -0.2) is 24.1 Å². The minimum Gasteiger partial charge on any atom is -0.497 e. The van der Waals surface area contributed by atoms with E-state index in [9.17, 15) is 14.7 Å². The quantitative estimate of drug-likeness (QED) is 0.751. The molecule has 1 aromatic rings. The molecule has 138 valence electrons. The van der Waals surface area contributed by atoms with Crippen molar-refractivity contribution in [3.8, 4) is 5.75 Å². The first-order chi connectivity index (χ1) is 11.8. The van der Waals surface area contributed by atoms with Gasteiger partial charge in [-0.1, -0.05) is 44.7 Å². The van der Waals surface area contributed by atoms with Crippen molar-refractivity contribution in [1.29, 1.82) is 0 Å². The van der Waals surface area contributed by atoms with E-state index in [0.29, 0.717) is 11.7 Å². The zero-order valence-electron chi connectivity index (χ0n) is 15.4. The number of carbonyl (C=O) groups excluding carboxylic acids is 1. The highest BCUT2D eigenvalue weighted by molar-refractivity contribution is 5.80. The minimum absolute atomic E-state index is 0.0848. The molecule has 0 radical (unpaired) electrons. The third-order valence-corrected chi connectivity index (χ3v) is 5.22. The molecule has 1 amide bonds. The Hall–Kier alpha value is -2.04. The molecule has 5 nitrogen and oxygen atoms in total. The molecule has 0 heterocycles. The molecule has 2 rings (SSSR count). The summed E-state index contributed by atoms with van der Waals surface area (Å²) in [4.78, 5) is 24.1. The number of carboxylic acid groups (broad SMARTS) is 1. The number of carboxylic acids is 1. The summed E-state index contributed by atoms with van der Waals surface area (Å²) in [6, 6.07) is 7.22. The predicted octanol–water partition coefficient (Wildman–Crippen LogP) is 3.72. The number of hydrogen-bond acceptors (Lipinski definition) is 3. The van der Waals surface area contributed by atoms with Crippen LogP contribution in [0.2, 0.25) is 0 Å². The fourth-order valence-electron chi connectivity index (χ4n) is 3.74. The van der Waals surface area contributed by atoms with Crippen LogP contribution in [0.4, 0.5) is 0 Å². The van der Waals surface area contributed by atoms with Gasteiger partial charge in [-0.15, -0.1) is 0 Å². The summed E-state index contributed by atoms with van der Waals surface area (Å²) in [5, 5.41) is 12.3. The molecule has 0 spiro atoms. The minimum atomic E-state index is -0.971. The van der Waals surface area contributed by atoms with Gasteiger partial charge in [0.05, 0.1) is 19.1 Å². The van der Waals surface area contributed by atoms with Crippen molar-refractivity contribution in [1.82, 2.24) is 5.32 Å². The number of nitrogens with one attached hydrogen (secondary N) is 1. The molecule has 1 aliphatic rings. The summed E-state index contributed by atoms with van der Waals surface area (Å²) in [6.45, 7) is 3.69. The van der Waals surface area contributed by atoms with E-state index in [4.69, 9.17) is 4.74 Å². The Bertz CT molecular complexity index is 609. The molecule has 1 fully saturated rings. The molecular formula is C20H29NO4. The lowest BCUT2D eigenvalue weighted by Gasteiger charge is -2.32. The Morgan fingerprint density at radius 3 is 2.64 bits per heavy atom. The van der Waals surface area contributed by atoms with Crippen LogP contribution in [0, 0.1) is 11.8 Å². The molecule has 0 saturated heterocycles. The van der Waals surface area contributed by atoms with Crippen LogP contribution in [0.3, 0.4) is 0 Å². The number of amides is 1. The highest BCUT2D eigenvalue weighted by Gasteiger charge is 2.33. The molecule has 1 aliphatic carbocycles. The van der Waals surface area contributed by atoms with Crippen LogP contribution < -0.4 is 10.1 Å². The van der Waals surface area contributed by atoms with Crippen molar-refractivity contribution in [3.05, 3.63) is 29.8 Å². The van der Waals surface area contributed by atoms with Crippen LogP contribution in [0.5, 0.6) is 5.75 Å². The summed E-state index contributed by atoms with van der Waals surface area (Å²) in [5.74, 6) is 0.0972. The molecule has 5 heteroatoms. The predicted molar refractivity (Wildman–Crippen MR) is 96.5 cm³/mol. The number of benzene rings is 1. The van der Waals surface area contributed by atoms with Crippen LogP contribution in [0.15, 0.2) is 24.3 Å². The first kappa shape index (κ1) is 19.3. The van der Waals surface area contributed by atoms with Crippen molar-refractivity contribution in [2.75, 3.05) is 7.11 Å². The van der Waals surface area contributed by atoms with Gasteiger partial charge < -0.3 is 15.2 Å². The largest absolute Gasteiger partial charge is 0.497 e. The lowest BCUT2D eigenvalue weighted by Crippen LogP contribution is -2.47. The van der Waals surface area contributed by atoms with Crippen molar-refractivity contribution < 1.29 is 19.4 Å². The number of methoxy groups -OCH3 is 1. The second kappa shape index (κ2) is 8.37. The maximum absolute atomic E-state index is 12.7. The van der Waals surface area contributed by atoms with Crippen LogP contribution in [0.25, 0.3) is 0 Å². The van der Waals surface area contributed by atoms with Crippen molar-refractivity contribution in [2.45, 2.75) is 57.9 Å². The Labute approximate surface area is 149 Å². The Balaban J connectivity index is 2.14. The number of carbonyl (C=O) groups is 2. The smallest absolute Gasteiger partial charge is 0.306 e. The maximum Gasteiger partial charge on any atom is 0.306 e. The molecule has 2 unspecified atom stereocenters. The average molecular weight is 347 g/mol. The molecule has 2 N–H and O–H groups in total. The Kier molecular flexibility index (Phi) is 6.45. The lowest BCUT2D eigenvalue weighted by molar-refractivity contribution is -0.139. The van der Waals surface area contributed by atoms with Gasteiger partial charge in [-0.25, -0.2) is 0 Å². The van der Waals surface area contributed by atoms with Crippen LogP contribution in [-0.2, 0) is 15.1 Å². The standard InChI is InChI=1S/C20H29NO4/c1-14(11-15-7-4-5-8-15)19(24)21-20(2,13-18(22)23)16-9-6-10-17(12-16)25-3/h6,9-10,12,14-15H,4-5,7-8,11,13H2,1-3H3,(H,21,24)(H,22,23). The van der Waals surface area contributed by atoms with Gasteiger partial charge in [-0.05, 0) is 37.0 Å². The highest BCUT2D eigenvalue weighted by atomic mass is 16.5. The normalized spacial score (nSPS) is 18.4. The van der Waals surface area contributed by atoms with Gasteiger partial charge in [0, 0.05) is 5.92 Å². The van der Waals surface area contributed by atoms with Gasteiger partial charge in [0.1, 0.15) is 5.75 Å². The SMILES string of the molecule is COc1cccc(C(C)(CC(=O)O)NC(=O)C(C)CC2CCCC2)c1. The van der Waals surface area contributed by atoms with E-state index >= 15 is 0 Å². The molecule has 0 bridgehead atoms.